The summed E-state index contributed by atoms with van der Waals surface area (Å²) in [5.74, 6) is 0. The highest BCUT2D eigenvalue weighted by molar-refractivity contribution is 7.11. The monoisotopic (exact) mass is 201 g/mol. The fraction of sp³-hybridized carbons (Fsp3) is 0.750. The Bertz CT molecular complexity index is 251. The molecule has 1 aromatic rings. The second kappa shape index (κ2) is 5.26. The van der Waals surface area contributed by atoms with Crippen LogP contribution in [0.15, 0.2) is 0 Å². The molecule has 0 aliphatic rings. The van der Waals surface area contributed by atoms with Crippen LogP contribution in [0, 0.1) is 0 Å². The maximum atomic E-state index is 5.15. The lowest BCUT2D eigenvalue weighted by molar-refractivity contribution is 0.118. The molecule has 13 heavy (non-hydrogen) atoms. The quantitative estimate of drug-likeness (QED) is 0.772. The lowest BCUT2D eigenvalue weighted by atomic mass is 10.4. The van der Waals surface area contributed by atoms with E-state index < -0.39 is 0 Å². The molecule has 0 bridgehead atoms. The zero-order chi connectivity index (χ0) is 9.68. The van der Waals surface area contributed by atoms with E-state index in [0.717, 1.165) is 23.0 Å². The van der Waals surface area contributed by atoms with Crippen molar-refractivity contribution in [3.8, 4) is 0 Å². The minimum absolute atomic E-state index is 0.0563. The highest BCUT2D eigenvalue weighted by Crippen LogP contribution is 2.19. The number of hydrogen-bond acceptors (Lipinski definition) is 5. The lowest BCUT2D eigenvalue weighted by Gasteiger charge is -2.02. The topological polar surface area (TPSA) is 47.0 Å². The van der Waals surface area contributed by atoms with Crippen molar-refractivity contribution in [2.24, 2.45) is 0 Å². The van der Waals surface area contributed by atoms with Gasteiger partial charge in [0, 0.05) is 20.1 Å². The van der Waals surface area contributed by atoms with Gasteiger partial charge >= 0.3 is 0 Å². The molecule has 0 amide bonds. The largest absolute Gasteiger partial charge is 0.374 e. The van der Waals surface area contributed by atoms with E-state index in [4.69, 9.17) is 4.74 Å². The summed E-state index contributed by atoms with van der Waals surface area (Å²) in [7, 11) is 3.61. The van der Waals surface area contributed by atoms with E-state index in [0.29, 0.717) is 0 Å². The molecular weight excluding hydrogens is 186 g/mol. The number of rotatable bonds is 5. The molecule has 0 aliphatic carbocycles. The predicted octanol–water partition coefficient (Wildman–Crippen LogP) is 1.01. The summed E-state index contributed by atoms with van der Waals surface area (Å²) in [5.41, 5.74) is 0. The molecule has 74 valence electrons. The first-order valence-electron chi connectivity index (χ1n) is 4.27. The van der Waals surface area contributed by atoms with Crippen molar-refractivity contribution in [1.29, 1.82) is 0 Å². The van der Waals surface area contributed by atoms with E-state index in [1.54, 1.807) is 18.4 Å². The molecule has 1 unspecified atom stereocenters. The number of methoxy groups -OCH3 is 1. The summed E-state index contributed by atoms with van der Waals surface area (Å²) in [6.45, 7) is 2.92. The molecule has 0 aliphatic heterocycles. The number of ether oxygens (including phenoxy) is 1. The van der Waals surface area contributed by atoms with Crippen LogP contribution in [-0.4, -0.2) is 30.9 Å². The zero-order valence-electron chi connectivity index (χ0n) is 8.20. The molecule has 1 heterocycles. The fourth-order valence-electron chi connectivity index (χ4n) is 0.865. The Morgan fingerprint density at radius 1 is 1.54 bits per heavy atom. The van der Waals surface area contributed by atoms with Gasteiger partial charge in [0.25, 0.3) is 0 Å². The summed E-state index contributed by atoms with van der Waals surface area (Å²) >= 11 is 1.62. The molecular formula is C8H15N3OS. The third-order valence-corrected chi connectivity index (χ3v) is 2.92. The van der Waals surface area contributed by atoms with Gasteiger partial charge in [-0.15, -0.1) is 10.2 Å². The molecule has 1 aromatic heterocycles. The van der Waals surface area contributed by atoms with Gasteiger partial charge in [-0.25, -0.2) is 0 Å². The molecule has 0 fully saturated rings. The molecule has 5 heteroatoms. The first-order chi connectivity index (χ1) is 6.27. The van der Waals surface area contributed by atoms with Crippen LogP contribution in [0.5, 0.6) is 0 Å². The predicted molar refractivity (Wildman–Crippen MR) is 53.0 cm³/mol. The Labute approximate surface area is 82.3 Å². The van der Waals surface area contributed by atoms with Gasteiger partial charge < -0.3 is 10.1 Å². The Balaban J connectivity index is 2.53. The molecule has 0 spiro atoms. The van der Waals surface area contributed by atoms with E-state index in [-0.39, 0.29) is 6.10 Å². The lowest BCUT2D eigenvalue weighted by Crippen LogP contribution is -2.09. The van der Waals surface area contributed by atoms with Gasteiger partial charge in [-0.2, -0.15) is 0 Å². The van der Waals surface area contributed by atoms with E-state index in [1.807, 2.05) is 14.0 Å². The number of likely N-dealkylation sites (N-methyl/N-ethyl adjacent to an activating group) is 1. The van der Waals surface area contributed by atoms with Gasteiger partial charge in [-0.05, 0) is 14.0 Å². The first kappa shape index (κ1) is 10.6. The van der Waals surface area contributed by atoms with E-state index in [2.05, 4.69) is 15.5 Å². The molecule has 1 N–H and O–H groups in total. The molecule has 4 nitrogen and oxygen atoms in total. The minimum Gasteiger partial charge on any atom is -0.374 e. The molecule has 0 saturated heterocycles. The van der Waals surface area contributed by atoms with Crippen LogP contribution in [-0.2, 0) is 11.2 Å². The van der Waals surface area contributed by atoms with E-state index in [1.165, 1.54) is 0 Å². The second-order valence-corrected chi connectivity index (χ2v) is 3.86. The van der Waals surface area contributed by atoms with Gasteiger partial charge in [0.1, 0.15) is 16.1 Å². The van der Waals surface area contributed by atoms with Gasteiger partial charge in [-0.1, -0.05) is 11.3 Å². The smallest absolute Gasteiger partial charge is 0.146 e. The van der Waals surface area contributed by atoms with Crippen molar-refractivity contribution in [3.05, 3.63) is 10.0 Å². The highest BCUT2D eigenvalue weighted by Gasteiger charge is 2.10. The van der Waals surface area contributed by atoms with Gasteiger partial charge in [0.2, 0.25) is 0 Å². The van der Waals surface area contributed by atoms with Crippen molar-refractivity contribution in [3.63, 3.8) is 0 Å². The molecule has 0 saturated carbocycles. The van der Waals surface area contributed by atoms with Crippen molar-refractivity contribution in [2.45, 2.75) is 19.4 Å². The van der Waals surface area contributed by atoms with Gasteiger partial charge in [0.15, 0.2) is 0 Å². The summed E-state index contributed by atoms with van der Waals surface area (Å²) < 4.78 is 5.15. The Kier molecular flexibility index (Phi) is 4.27. The number of aromatic nitrogens is 2. The van der Waals surface area contributed by atoms with Crippen molar-refractivity contribution in [2.75, 3.05) is 20.7 Å². The summed E-state index contributed by atoms with van der Waals surface area (Å²) in [5, 5.41) is 13.2. The Hall–Kier alpha value is -0.520. The first-order valence-corrected chi connectivity index (χ1v) is 5.09. The molecule has 1 atom stereocenters. The molecule has 1 rings (SSSR count). The normalized spacial score (nSPS) is 13.2. The van der Waals surface area contributed by atoms with Crippen molar-refractivity contribution in [1.82, 2.24) is 15.5 Å². The van der Waals surface area contributed by atoms with E-state index >= 15 is 0 Å². The summed E-state index contributed by atoms with van der Waals surface area (Å²) in [6.07, 6.45) is 0.991. The van der Waals surface area contributed by atoms with Crippen LogP contribution < -0.4 is 5.32 Å². The van der Waals surface area contributed by atoms with Crippen LogP contribution >= 0.6 is 11.3 Å². The van der Waals surface area contributed by atoms with Crippen LogP contribution in [0.25, 0.3) is 0 Å². The average molecular weight is 201 g/mol. The maximum absolute atomic E-state index is 5.15. The number of nitrogens with zero attached hydrogens (tertiary/aromatic N) is 2. The van der Waals surface area contributed by atoms with Crippen molar-refractivity contribution < 1.29 is 4.74 Å². The van der Waals surface area contributed by atoms with Crippen LogP contribution in [0.4, 0.5) is 0 Å². The maximum Gasteiger partial charge on any atom is 0.146 e. The fourth-order valence-corrected chi connectivity index (χ4v) is 1.74. The third kappa shape index (κ3) is 3.02. The highest BCUT2D eigenvalue weighted by atomic mass is 32.1. The molecule has 0 aromatic carbocycles. The van der Waals surface area contributed by atoms with Gasteiger partial charge in [0.05, 0.1) is 0 Å². The molecule has 0 radical (unpaired) electrons. The van der Waals surface area contributed by atoms with Crippen LogP contribution in [0.2, 0.25) is 0 Å². The number of nitrogens with one attached hydrogen (secondary N) is 1. The Morgan fingerprint density at radius 3 is 2.92 bits per heavy atom. The second-order valence-electron chi connectivity index (χ2n) is 2.77. The van der Waals surface area contributed by atoms with E-state index in [9.17, 15) is 0 Å². The number of hydrogen-bond donors (Lipinski definition) is 1. The third-order valence-electron chi connectivity index (χ3n) is 1.77. The van der Waals surface area contributed by atoms with Crippen LogP contribution in [0.3, 0.4) is 0 Å². The van der Waals surface area contributed by atoms with Crippen LogP contribution in [0.1, 0.15) is 23.0 Å². The summed E-state index contributed by atoms with van der Waals surface area (Å²) in [4.78, 5) is 0. The van der Waals surface area contributed by atoms with Crippen molar-refractivity contribution >= 4 is 11.3 Å². The minimum atomic E-state index is 0.0563. The summed E-state index contributed by atoms with van der Waals surface area (Å²) in [6, 6.07) is 0. The average Bonchev–Trinajstić information content (AvgIpc) is 2.62. The standard InChI is InChI=1S/C8H15N3OS/c1-6(12-3)8-11-10-7(13-8)4-5-9-2/h6,9H,4-5H2,1-3H3. The van der Waals surface area contributed by atoms with Gasteiger partial charge in [-0.3, -0.25) is 0 Å². The SMILES string of the molecule is CNCCc1nnc(C(C)OC)s1. The Morgan fingerprint density at radius 2 is 2.31 bits per heavy atom. The zero-order valence-corrected chi connectivity index (χ0v) is 9.02.